The summed E-state index contributed by atoms with van der Waals surface area (Å²) in [6.45, 7) is 1.93. The summed E-state index contributed by atoms with van der Waals surface area (Å²) in [6, 6.07) is 9.95. The lowest BCUT2D eigenvalue weighted by atomic mass is 10.0. The van der Waals surface area contributed by atoms with Crippen LogP contribution in [0.2, 0.25) is 0 Å². The number of imidazole rings is 1. The number of aromatic nitrogens is 2. The van der Waals surface area contributed by atoms with Gasteiger partial charge in [-0.2, -0.15) is 0 Å². The summed E-state index contributed by atoms with van der Waals surface area (Å²) in [6.07, 6.45) is 0. The molecule has 21 heavy (non-hydrogen) atoms. The lowest BCUT2D eigenvalue weighted by Gasteiger charge is -2.14. The number of aryl methyl sites for hydroxylation is 3. The van der Waals surface area contributed by atoms with E-state index >= 15 is 0 Å². The van der Waals surface area contributed by atoms with Gasteiger partial charge in [-0.25, -0.2) is 4.79 Å². The van der Waals surface area contributed by atoms with Crippen LogP contribution in [-0.4, -0.2) is 16.2 Å². The van der Waals surface area contributed by atoms with Gasteiger partial charge < -0.3 is 9.73 Å². The Balaban J connectivity index is 2.15. The molecule has 0 aliphatic heterocycles. The average Bonchev–Trinajstić information content (AvgIpc) is 2.99. The van der Waals surface area contributed by atoms with Crippen LogP contribution in [0, 0.1) is 6.92 Å². The molecule has 1 unspecified atom stereocenters. The second-order valence-corrected chi connectivity index (χ2v) is 5.32. The van der Waals surface area contributed by atoms with E-state index in [1.807, 2.05) is 44.3 Å². The predicted octanol–water partition coefficient (Wildman–Crippen LogP) is 2.09. The molecule has 0 aliphatic rings. The monoisotopic (exact) mass is 285 g/mol. The molecule has 0 saturated heterocycles. The zero-order valence-electron chi connectivity index (χ0n) is 12.7. The molecule has 1 aromatic carbocycles. The Kier molecular flexibility index (Phi) is 3.22. The lowest BCUT2D eigenvalue weighted by molar-refractivity contribution is 0.444. The third-order valence-corrected chi connectivity index (χ3v) is 3.96. The second-order valence-electron chi connectivity index (χ2n) is 5.32. The standard InChI is InChI=1S/C16H19N3O2/c1-10-5-8-14(21-10)15(17-2)11-6-7-12-13(9-11)19(4)16(20)18(12)3/h5-9,15,17H,1-4H3. The smallest absolute Gasteiger partial charge is 0.328 e. The Labute approximate surface area is 122 Å². The van der Waals surface area contributed by atoms with Crippen molar-refractivity contribution in [3.05, 3.63) is 57.9 Å². The van der Waals surface area contributed by atoms with E-state index in [9.17, 15) is 4.79 Å². The molecule has 0 spiro atoms. The molecule has 2 aromatic heterocycles. The first-order chi connectivity index (χ1) is 10.0. The van der Waals surface area contributed by atoms with Gasteiger partial charge in [0.05, 0.1) is 17.1 Å². The van der Waals surface area contributed by atoms with Crippen molar-refractivity contribution in [3.63, 3.8) is 0 Å². The predicted molar refractivity (Wildman–Crippen MR) is 82.5 cm³/mol. The fourth-order valence-electron chi connectivity index (χ4n) is 2.79. The molecule has 2 heterocycles. The van der Waals surface area contributed by atoms with Crippen LogP contribution < -0.4 is 11.0 Å². The summed E-state index contributed by atoms with van der Waals surface area (Å²) in [5, 5.41) is 3.27. The Bertz CT molecular complexity index is 854. The highest BCUT2D eigenvalue weighted by Gasteiger charge is 2.17. The van der Waals surface area contributed by atoms with Gasteiger partial charge in [-0.05, 0) is 43.8 Å². The molecule has 110 valence electrons. The molecule has 0 bridgehead atoms. The SMILES string of the molecule is CNC(c1ccc2c(c1)n(C)c(=O)n2C)c1ccc(C)o1. The molecule has 0 saturated carbocycles. The molecule has 1 N–H and O–H groups in total. The van der Waals surface area contributed by atoms with Crippen LogP contribution in [0.25, 0.3) is 11.0 Å². The van der Waals surface area contributed by atoms with E-state index < -0.39 is 0 Å². The zero-order valence-corrected chi connectivity index (χ0v) is 12.7. The van der Waals surface area contributed by atoms with Crippen molar-refractivity contribution in [2.24, 2.45) is 14.1 Å². The van der Waals surface area contributed by atoms with Gasteiger partial charge in [0.15, 0.2) is 0 Å². The van der Waals surface area contributed by atoms with Crippen LogP contribution in [0.4, 0.5) is 0 Å². The molecule has 5 nitrogen and oxygen atoms in total. The average molecular weight is 285 g/mol. The normalized spacial score (nSPS) is 13.0. The molecule has 3 rings (SSSR count). The Hall–Kier alpha value is -2.27. The topological polar surface area (TPSA) is 52.1 Å². The molecule has 1 atom stereocenters. The minimum absolute atomic E-state index is 0.0167. The number of nitrogens with one attached hydrogen (secondary N) is 1. The fourth-order valence-corrected chi connectivity index (χ4v) is 2.79. The summed E-state index contributed by atoms with van der Waals surface area (Å²) in [7, 11) is 5.48. The third-order valence-electron chi connectivity index (χ3n) is 3.96. The van der Waals surface area contributed by atoms with Gasteiger partial charge >= 0.3 is 5.69 Å². The van der Waals surface area contributed by atoms with E-state index in [1.165, 1.54) is 0 Å². The van der Waals surface area contributed by atoms with Crippen molar-refractivity contribution >= 4 is 11.0 Å². The highest BCUT2D eigenvalue weighted by Crippen LogP contribution is 2.26. The zero-order chi connectivity index (χ0) is 15.1. The van der Waals surface area contributed by atoms with E-state index in [-0.39, 0.29) is 11.7 Å². The molecular weight excluding hydrogens is 266 g/mol. The van der Waals surface area contributed by atoms with E-state index in [0.717, 1.165) is 28.1 Å². The quantitative estimate of drug-likeness (QED) is 0.801. The van der Waals surface area contributed by atoms with E-state index in [2.05, 4.69) is 5.32 Å². The maximum Gasteiger partial charge on any atom is 0.328 e. The molecular formula is C16H19N3O2. The number of nitrogens with zero attached hydrogens (tertiary/aromatic N) is 2. The van der Waals surface area contributed by atoms with Gasteiger partial charge in [-0.3, -0.25) is 9.13 Å². The van der Waals surface area contributed by atoms with Crippen LogP contribution in [0.15, 0.2) is 39.5 Å². The van der Waals surface area contributed by atoms with Crippen molar-refractivity contribution in [2.45, 2.75) is 13.0 Å². The van der Waals surface area contributed by atoms with Gasteiger partial charge in [-0.15, -0.1) is 0 Å². The summed E-state index contributed by atoms with van der Waals surface area (Å²) in [4.78, 5) is 12.0. The van der Waals surface area contributed by atoms with Crippen LogP contribution in [0.1, 0.15) is 23.1 Å². The highest BCUT2D eigenvalue weighted by molar-refractivity contribution is 5.77. The van der Waals surface area contributed by atoms with Gasteiger partial charge in [-0.1, -0.05) is 6.07 Å². The first-order valence-corrected chi connectivity index (χ1v) is 6.92. The van der Waals surface area contributed by atoms with Crippen molar-refractivity contribution < 1.29 is 4.42 Å². The number of furan rings is 1. The maximum atomic E-state index is 12.0. The Morgan fingerprint density at radius 3 is 2.43 bits per heavy atom. The van der Waals surface area contributed by atoms with Crippen LogP contribution in [-0.2, 0) is 14.1 Å². The first-order valence-electron chi connectivity index (χ1n) is 6.92. The van der Waals surface area contributed by atoms with Crippen LogP contribution in [0.5, 0.6) is 0 Å². The van der Waals surface area contributed by atoms with E-state index in [1.54, 1.807) is 23.2 Å². The minimum Gasteiger partial charge on any atom is -0.464 e. The van der Waals surface area contributed by atoms with Gasteiger partial charge in [0.25, 0.3) is 0 Å². The number of hydrogen-bond donors (Lipinski definition) is 1. The maximum absolute atomic E-state index is 12.0. The highest BCUT2D eigenvalue weighted by atomic mass is 16.3. The summed E-state index contributed by atoms with van der Waals surface area (Å²) < 4.78 is 9.05. The van der Waals surface area contributed by atoms with Crippen LogP contribution in [0.3, 0.4) is 0 Å². The summed E-state index contributed by atoms with van der Waals surface area (Å²) in [5.74, 6) is 1.76. The fraction of sp³-hybridized carbons (Fsp3) is 0.312. The first kappa shape index (κ1) is 13.7. The largest absolute Gasteiger partial charge is 0.464 e. The van der Waals surface area contributed by atoms with Gasteiger partial charge in [0.2, 0.25) is 0 Å². The third kappa shape index (κ3) is 2.10. The molecule has 0 fully saturated rings. The lowest BCUT2D eigenvalue weighted by Crippen LogP contribution is -2.19. The van der Waals surface area contributed by atoms with Gasteiger partial charge in [0.1, 0.15) is 11.5 Å². The van der Waals surface area contributed by atoms with Crippen molar-refractivity contribution in [1.82, 2.24) is 14.5 Å². The molecule has 0 aliphatic carbocycles. The van der Waals surface area contributed by atoms with Crippen LogP contribution >= 0.6 is 0 Å². The summed E-state index contributed by atoms with van der Waals surface area (Å²) in [5.41, 5.74) is 2.90. The molecule has 0 amide bonds. The Morgan fingerprint density at radius 2 is 1.81 bits per heavy atom. The van der Waals surface area contributed by atoms with Crippen molar-refractivity contribution in [2.75, 3.05) is 7.05 Å². The number of benzene rings is 1. The van der Waals surface area contributed by atoms with Crippen molar-refractivity contribution in [1.29, 1.82) is 0 Å². The van der Waals surface area contributed by atoms with E-state index in [4.69, 9.17) is 4.42 Å². The minimum atomic E-state index is -0.0293. The second kappa shape index (κ2) is 4.93. The number of hydrogen-bond acceptors (Lipinski definition) is 3. The summed E-state index contributed by atoms with van der Waals surface area (Å²) >= 11 is 0. The van der Waals surface area contributed by atoms with Crippen molar-refractivity contribution in [3.8, 4) is 0 Å². The van der Waals surface area contributed by atoms with Gasteiger partial charge in [0, 0.05) is 14.1 Å². The number of fused-ring (bicyclic) bond motifs is 1. The molecule has 5 heteroatoms. The van der Waals surface area contributed by atoms with E-state index in [0.29, 0.717) is 0 Å². The molecule has 3 aromatic rings. The Morgan fingerprint density at radius 1 is 1.10 bits per heavy atom. The molecule has 0 radical (unpaired) electrons. The number of rotatable bonds is 3.